The van der Waals surface area contributed by atoms with Gasteiger partial charge in [-0.3, -0.25) is 0 Å². The lowest BCUT2D eigenvalue weighted by Crippen LogP contribution is -2.51. The summed E-state index contributed by atoms with van der Waals surface area (Å²) in [6.07, 6.45) is 23.8. The van der Waals surface area contributed by atoms with E-state index in [1.54, 1.807) is 6.26 Å². The molecule has 0 heterocycles. The average Bonchev–Trinajstić information content (AvgIpc) is 2.83. The molecule has 0 radical (unpaired) electrons. The minimum Gasteiger partial charge on any atom is -0.495 e. The Morgan fingerprint density at radius 2 is 0.941 bits per heavy atom. The van der Waals surface area contributed by atoms with E-state index < -0.39 is 0 Å². The van der Waals surface area contributed by atoms with Gasteiger partial charge in [-0.15, -0.1) is 0 Å². The first-order valence-corrected chi connectivity index (χ1v) is 15.2. The van der Waals surface area contributed by atoms with Crippen LogP contribution in [0.15, 0.2) is 12.8 Å². The smallest absolute Gasteiger partial charge is 0.128 e. The number of rotatable bonds is 26. The number of hydrogen-bond acceptors (Lipinski definition) is 3. The van der Waals surface area contributed by atoms with Crippen LogP contribution in [0.5, 0.6) is 0 Å². The van der Waals surface area contributed by atoms with E-state index in [9.17, 15) is 0 Å². The molecule has 0 spiro atoms. The van der Waals surface area contributed by atoms with E-state index in [4.69, 9.17) is 4.74 Å². The first kappa shape index (κ1) is 33.5. The highest BCUT2D eigenvalue weighted by Crippen LogP contribution is 2.15. The number of nitrogens with one attached hydrogen (secondary N) is 2. The van der Waals surface area contributed by atoms with Crippen LogP contribution >= 0.6 is 0 Å². The predicted molar refractivity (Wildman–Crippen MR) is 154 cm³/mol. The van der Waals surface area contributed by atoms with Gasteiger partial charge in [-0.1, -0.05) is 124 Å². The van der Waals surface area contributed by atoms with Crippen LogP contribution in [0.2, 0.25) is 0 Å². The van der Waals surface area contributed by atoms with Crippen LogP contribution in [0.4, 0.5) is 0 Å². The van der Waals surface area contributed by atoms with Crippen molar-refractivity contribution in [2.45, 2.75) is 162 Å². The Balaban J connectivity index is 4.07. The average molecular weight is 481 g/mol. The van der Waals surface area contributed by atoms with Gasteiger partial charge in [0, 0.05) is 12.1 Å². The van der Waals surface area contributed by atoms with Gasteiger partial charge >= 0.3 is 0 Å². The molecule has 34 heavy (non-hydrogen) atoms. The molecular weight excluding hydrogens is 416 g/mol. The Kier molecular flexibility index (Phi) is 23.8. The van der Waals surface area contributed by atoms with E-state index >= 15 is 0 Å². The molecule has 0 saturated heterocycles. The van der Waals surface area contributed by atoms with Gasteiger partial charge in [0.25, 0.3) is 0 Å². The fourth-order valence-corrected chi connectivity index (χ4v) is 4.89. The first-order chi connectivity index (χ1) is 16.5. The lowest BCUT2D eigenvalue weighted by molar-refractivity contribution is 0.0765. The summed E-state index contributed by atoms with van der Waals surface area (Å²) in [5.74, 6) is 1.43. The zero-order chi connectivity index (χ0) is 25.4. The molecule has 204 valence electrons. The molecule has 4 unspecified atom stereocenters. The maximum absolute atomic E-state index is 5.96. The zero-order valence-electron chi connectivity index (χ0n) is 24.3. The molecule has 0 aliphatic heterocycles. The third-order valence-corrected chi connectivity index (χ3v) is 7.42. The van der Waals surface area contributed by atoms with E-state index in [0.717, 1.165) is 13.1 Å². The first-order valence-electron chi connectivity index (χ1n) is 15.2. The zero-order valence-corrected chi connectivity index (χ0v) is 24.3. The van der Waals surface area contributed by atoms with E-state index in [0.29, 0.717) is 23.9 Å². The van der Waals surface area contributed by atoms with Crippen LogP contribution in [0.25, 0.3) is 0 Å². The van der Waals surface area contributed by atoms with Gasteiger partial charge in [0.05, 0.1) is 6.26 Å². The number of unbranched alkanes of at least 4 members (excludes halogenated alkanes) is 12. The van der Waals surface area contributed by atoms with E-state index in [-0.39, 0.29) is 6.10 Å². The van der Waals surface area contributed by atoms with E-state index in [2.05, 4.69) is 58.8 Å². The van der Waals surface area contributed by atoms with Crippen molar-refractivity contribution in [3.05, 3.63) is 12.8 Å². The molecule has 0 aromatic carbocycles. The summed E-state index contributed by atoms with van der Waals surface area (Å²) < 4.78 is 5.96. The van der Waals surface area contributed by atoms with Crippen molar-refractivity contribution < 1.29 is 4.74 Å². The molecule has 3 heteroatoms. The summed E-state index contributed by atoms with van der Waals surface area (Å²) in [4.78, 5) is 0. The fraction of sp³-hybridized carbons (Fsp3) is 0.935. The molecule has 0 rings (SSSR count). The van der Waals surface area contributed by atoms with Gasteiger partial charge < -0.3 is 15.4 Å². The molecule has 0 bridgehead atoms. The molecule has 0 aliphatic rings. The minimum atomic E-state index is 0.106. The van der Waals surface area contributed by atoms with Crippen molar-refractivity contribution in [1.82, 2.24) is 10.6 Å². The highest BCUT2D eigenvalue weighted by molar-refractivity contribution is 4.84. The maximum atomic E-state index is 5.96. The number of hydrogen-bond donors (Lipinski definition) is 2. The van der Waals surface area contributed by atoms with Gasteiger partial charge in [0.15, 0.2) is 0 Å². The Bertz CT molecular complexity index is 394. The monoisotopic (exact) mass is 481 g/mol. The summed E-state index contributed by atoms with van der Waals surface area (Å²) in [7, 11) is 0. The summed E-state index contributed by atoms with van der Waals surface area (Å²) >= 11 is 0. The van der Waals surface area contributed by atoms with Crippen molar-refractivity contribution in [2.75, 3.05) is 13.1 Å². The molecule has 0 aromatic rings. The molecular formula is C31H64N2O. The second kappa shape index (κ2) is 24.2. The normalized spacial score (nSPS) is 16.1. The van der Waals surface area contributed by atoms with Crippen molar-refractivity contribution in [3.63, 3.8) is 0 Å². The standard InChI is InChI=1S/C31H64N2O/c1-8-11-13-15-17-19-21-23-27(4)25-32-29(6)31(34-10-3)30(7)33-26-28(5)24-22-20-18-16-14-12-9-2/h10,27-33H,3,8-9,11-26H2,1-2,4-7H3. The van der Waals surface area contributed by atoms with Gasteiger partial charge in [-0.2, -0.15) is 0 Å². The van der Waals surface area contributed by atoms with Crippen LogP contribution < -0.4 is 10.6 Å². The van der Waals surface area contributed by atoms with Crippen molar-refractivity contribution in [2.24, 2.45) is 11.8 Å². The Morgan fingerprint density at radius 3 is 1.29 bits per heavy atom. The van der Waals surface area contributed by atoms with Crippen LogP contribution in [-0.2, 0) is 4.74 Å². The predicted octanol–water partition coefficient (Wildman–Crippen LogP) is 9.02. The Labute approximate surface area is 215 Å². The summed E-state index contributed by atoms with van der Waals surface area (Å²) in [5.41, 5.74) is 0. The summed E-state index contributed by atoms with van der Waals surface area (Å²) in [6, 6.07) is 0.603. The molecule has 0 fully saturated rings. The molecule has 0 aliphatic carbocycles. The summed E-state index contributed by atoms with van der Waals surface area (Å²) in [6.45, 7) is 19.8. The SMILES string of the molecule is C=COC(C(C)NCC(C)CCCCCCCCC)C(C)NCC(C)CCCCCCCCC. The van der Waals surface area contributed by atoms with Gasteiger partial charge in [0.2, 0.25) is 0 Å². The van der Waals surface area contributed by atoms with Gasteiger partial charge in [-0.05, 0) is 51.6 Å². The topological polar surface area (TPSA) is 33.3 Å². The van der Waals surface area contributed by atoms with Crippen LogP contribution in [0.3, 0.4) is 0 Å². The lowest BCUT2D eigenvalue weighted by atomic mass is 9.99. The van der Waals surface area contributed by atoms with Gasteiger partial charge in [0.1, 0.15) is 6.10 Å². The highest BCUT2D eigenvalue weighted by Gasteiger charge is 2.24. The highest BCUT2D eigenvalue weighted by atomic mass is 16.5. The third kappa shape index (κ3) is 19.7. The lowest BCUT2D eigenvalue weighted by Gasteiger charge is -2.31. The molecule has 0 aromatic heterocycles. The minimum absolute atomic E-state index is 0.106. The Morgan fingerprint density at radius 1 is 0.588 bits per heavy atom. The molecule has 0 amide bonds. The van der Waals surface area contributed by atoms with Crippen molar-refractivity contribution >= 4 is 0 Å². The fourth-order valence-electron chi connectivity index (χ4n) is 4.89. The second-order valence-corrected chi connectivity index (χ2v) is 11.2. The molecule has 0 saturated carbocycles. The summed E-state index contributed by atoms with van der Waals surface area (Å²) in [5, 5.41) is 7.51. The number of ether oxygens (including phenoxy) is 1. The van der Waals surface area contributed by atoms with Crippen LogP contribution in [-0.4, -0.2) is 31.3 Å². The molecule has 2 N–H and O–H groups in total. The quantitative estimate of drug-likeness (QED) is 0.0956. The maximum Gasteiger partial charge on any atom is 0.128 e. The Hall–Kier alpha value is -0.540. The van der Waals surface area contributed by atoms with Gasteiger partial charge in [-0.25, -0.2) is 0 Å². The van der Waals surface area contributed by atoms with Crippen molar-refractivity contribution in [1.29, 1.82) is 0 Å². The second-order valence-electron chi connectivity index (χ2n) is 11.2. The largest absolute Gasteiger partial charge is 0.495 e. The van der Waals surface area contributed by atoms with Crippen LogP contribution in [0, 0.1) is 11.8 Å². The van der Waals surface area contributed by atoms with E-state index in [1.807, 2.05) is 0 Å². The van der Waals surface area contributed by atoms with Crippen LogP contribution in [0.1, 0.15) is 144 Å². The van der Waals surface area contributed by atoms with E-state index in [1.165, 1.54) is 103 Å². The molecule has 3 nitrogen and oxygen atoms in total. The third-order valence-electron chi connectivity index (χ3n) is 7.42. The molecule has 4 atom stereocenters. The van der Waals surface area contributed by atoms with Crippen molar-refractivity contribution in [3.8, 4) is 0 Å².